The van der Waals surface area contributed by atoms with E-state index in [1.807, 2.05) is 0 Å². The number of amides is 1. The van der Waals surface area contributed by atoms with E-state index in [0.29, 0.717) is 17.4 Å². The van der Waals surface area contributed by atoms with E-state index in [1.165, 1.54) is 30.7 Å². The van der Waals surface area contributed by atoms with Gasteiger partial charge in [0.25, 0.3) is 5.91 Å². The number of nitrogens with one attached hydrogen (secondary N) is 1. The molecule has 22 heavy (non-hydrogen) atoms. The van der Waals surface area contributed by atoms with E-state index in [-0.39, 0.29) is 24.3 Å². The van der Waals surface area contributed by atoms with Crippen molar-refractivity contribution in [2.75, 3.05) is 6.61 Å². The SMILES string of the molecule is C[C@H]1[C@@H](C)CCC[C@H]1NC(=O)COC(=O)c1ccc(O)cc1. The normalized spacial score (nSPS) is 24.5. The van der Waals surface area contributed by atoms with Crippen LogP contribution in [0.1, 0.15) is 43.5 Å². The predicted molar refractivity (Wildman–Crippen MR) is 82.5 cm³/mol. The van der Waals surface area contributed by atoms with Gasteiger partial charge in [-0.25, -0.2) is 4.79 Å². The van der Waals surface area contributed by atoms with Crippen molar-refractivity contribution in [3.05, 3.63) is 29.8 Å². The second-order valence-electron chi connectivity index (χ2n) is 6.06. The molecule has 0 heterocycles. The molecule has 5 heteroatoms. The number of hydrogen-bond donors (Lipinski definition) is 2. The van der Waals surface area contributed by atoms with E-state index in [0.717, 1.165) is 12.8 Å². The average molecular weight is 305 g/mol. The summed E-state index contributed by atoms with van der Waals surface area (Å²) in [6.45, 7) is 4.07. The molecule has 5 nitrogen and oxygen atoms in total. The maximum Gasteiger partial charge on any atom is 0.338 e. The number of ether oxygens (including phenoxy) is 1. The number of aromatic hydroxyl groups is 1. The van der Waals surface area contributed by atoms with E-state index in [9.17, 15) is 9.59 Å². The molecule has 2 rings (SSSR count). The van der Waals surface area contributed by atoms with Gasteiger partial charge >= 0.3 is 5.97 Å². The summed E-state index contributed by atoms with van der Waals surface area (Å²) < 4.78 is 5.00. The Morgan fingerprint density at radius 1 is 1.23 bits per heavy atom. The Hall–Kier alpha value is -2.04. The molecule has 1 aromatic rings. The average Bonchev–Trinajstić information content (AvgIpc) is 2.50. The molecule has 0 radical (unpaired) electrons. The van der Waals surface area contributed by atoms with Gasteiger partial charge in [0.15, 0.2) is 6.61 Å². The highest BCUT2D eigenvalue weighted by molar-refractivity contribution is 5.91. The minimum atomic E-state index is -0.569. The quantitative estimate of drug-likeness (QED) is 0.838. The molecule has 0 bridgehead atoms. The van der Waals surface area contributed by atoms with Crippen molar-refractivity contribution < 1.29 is 19.4 Å². The van der Waals surface area contributed by atoms with Crippen molar-refractivity contribution >= 4 is 11.9 Å². The number of hydrogen-bond acceptors (Lipinski definition) is 4. The van der Waals surface area contributed by atoms with E-state index in [1.54, 1.807) is 0 Å². The monoisotopic (exact) mass is 305 g/mol. The van der Waals surface area contributed by atoms with Crippen LogP contribution in [0.4, 0.5) is 0 Å². The second-order valence-corrected chi connectivity index (χ2v) is 6.06. The minimum Gasteiger partial charge on any atom is -0.508 e. The Morgan fingerprint density at radius 3 is 2.59 bits per heavy atom. The summed E-state index contributed by atoms with van der Waals surface area (Å²) in [6.07, 6.45) is 3.29. The number of esters is 1. The summed E-state index contributed by atoms with van der Waals surface area (Å²) in [4.78, 5) is 23.7. The van der Waals surface area contributed by atoms with Crippen LogP contribution >= 0.6 is 0 Å². The van der Waals surface area contributed by atoms with E-state index in [4.69, 9.17) is 9.84 Å². The maximum absolute atomic E-state index is 11.9. The number of benzene rings is 1. The van der Waals surface area contributed by atoms with Crippen molar-refractivity contribution in [3.63, 3.8) is 0 Å². The number of phenolic OH excluding ortho intramolecular Hbond substituents is 1. The first-order chi connectivity index (χ1) is 10.5. The molecule has 1 amide bonds. The van der Waals surface area contributed by atoms with Gasteiger partial charge in [0.2, 0.25) is 0 Å². The Labute approximate surface area is 130 Å². The summed E-state index contributed by atoms with van der Waals surface area (Å²) in [5.74, 6) is 0.275. The summed E-state index contributed by atoms with van der Waals surface area (Å²) in [5.41, 5.74) is 0.310. The molecular weight excluding hydrogens is 282 g/mol. The van der Waals surface area contributed by atoms with Crippen LogP contribution in [0.15, 0.2) is 24.3 Å². The van der Waals surface area contributed by atoms with Crippen LogP contribution in [-0.2, 0) is 9.53 Å². The standard InChI is InChI=1S/C17H23NO4/c1-11-4-3-5-15(12(11)2)18-16(20)10-22-17(21)13-6-8-14(19)9-7-13/h6-9,11-12,15,19H,3-5,10H2,1-2H3,(H,18,20)/t11-,12-,15+/m0/s1. The molecule has 1 aromatic carbocycles. The molecular formula is C17H23NO4. The second kappa shape index (κ2) is 7.29. The maximum atomic E-state index is 11.9. The van der Waals surface area contributed by atoms with Gasteiger partial charge in [-0.05, 0) is 42.5 Å². The molecule has 120 valence electrons. The van der Waals surface area contributed by atoms with Crippen molar-refractivity contribution in [3.8, 4) is 5.75 Å². The molecule has 0 aromatic heterocycles. The van der Waals surface area contributed by atoms with Gasteiger partial charge in [-0.2, -0.15) is 0 Å². The van der Waals surface area contributed by atoms with Gasteiger partial charge < -0.3 is 15.2 Å². The Morgan fingerprint density at radius 2 is 1.91 bits per heavy atom. The van der Waals surface area contributed by atoms with Crippen molar-refractivity contribution in [1.82, 2.24) is 5.32 Å². The lowest BCUT2D eigenvalue weighted by molar-refractivity contribution is -0.125. The van der Waals surface area contributed by atoms with Gasteiger partial charge in [0, 0.05) is 6.04 Å². The summed E-state index contributed by atoms with van der Waals surface area (Å²) in [5, 5.41) is 12.1. The molecule has 0 saturated heterocycles. The topological polar surface area (TPSA) is 75.6 Å². The van der Waals surface area contributed by atoms with Crippen LogP contribution in [0.25, 0.3) is 0 Å². The van der Waals surface area contributed by atoms with Crippen LogP contribution in [0.2, 0.25) is 0 Å². The van der Waals surface area contributed by atoms with E-state index < -0.39 is 5.97 Å². The third-order valence-electron chi connectivity index (χ3n) is 4.49. The molecule has 3 atom stereocenters. The fourth-order valence-corrected chi connectivity index (χ4v) is 2.85. The Balaban J connectivity index is 1.80. The van der Waals surface area contributed by atoms with Gasteiger partial charge in [-0.1, -0.05) is 26.7 Å². The first-order valence-corrected chi connectivity index (χ1v) is 7.73. The molecule has 0 unspecified atom stereocenters. The molecule has 2 N–H and O–H groups in total. The van der Waals surface area contributed by atoms with Crippen LogP contribution in [-0.4, -0.2) is 29.6 Å². The lowest BCUT2D eigenvalue weighted by Gasteiger charge is -2.34. The highest BCUT2D eigenvalue weighted by Crippen LogP contribution is 2.29. The number of carbonyl (C=O) groups excluding carboxylic acids is 2. The zero-order valence-electron chi connectivity index (χ0n) is 13.0. The Bertz CT molecular complexity index is 526. The van der Waals surface area contributed by atoms with E-state index >= 15 is 0 Å². The molecule has 1 fully saturated rings. The number of phenols is 1. The lowest BCUT2D eigenvalue weighted by Crippen LogP contribution is -2.45. The smallest absolute Gasteiger partial charge is 0.338 e. The predicted octanol–water partition coefficient (Wildman–Crippen LogP) is 2.49. The fraction of sp³-hybridized carbons (Fsp3) is 0.529. The van der Waals surface area contributed by atoms with Crippen LogP contribution in [0.5, 0.6) is 5.75 Å². The molecule has 1 aliphatic rings. The third kappa shape index (κ3) is 4.23. The molecule has 0 aliphatic heterocycles. The minimum absolute atomic E-state index is 0.0784. The van der Waals surface area contributed by atoms with Gasteiger partial charge in [0.1, 0.15) is 5.75 Å². The summed E-state index contributed by atoms with van der Waals surface area (Å²) in [7, 11) is 0. The van der Waals surface area contributed by atoms with Gasteiger partial charge in [-0.3, -0.25) is 4.79 Å². The molecule has 0 spiro atoms. The van der Waals surface area contributed by atoms with E-state index in [2.05, 4.69) is 19.2 Å². The highest BCUT2D eigenvalue weighted by Gasteiger charge is 2.28. The number of rotatable bonds is 4. The molecule has 1 aliphatic carbocycles. The number of carbonyl (C=O) groups is 2. The summed E-state index contributed by atoms with van der Waals surface area (Å²) >= 11 is 0. The lowest BCUT2D eigenvalue weighted by atomic mass is 9.78. The zero-order chi connectivity index (χ0) is 16.1. The van der Waals surface area contributed by atoms with Crippen molar-refractivity contribution in [2.24, 2.45) is 11.8 Å². The Kier molecular flexibility index (Phi) is 5.41. The van der Waals surface area contributed by atoms with Crippen molar-refractivity contribution in [2.45, 2.75) is 39.2 Å². The van der Waals surface area contributed by atoms with Gasteiger partial charge in [0.05, 0.1) is 5.56 Å². The van der Waals surface area contributed by atoms with Crippen molar-refractivity contribution in [1.29, 1.82) is 0 Å². The first-order valence-electron chi connectivity index (χ1n) is 7.73. The highest BCUT2D eigenvalue weighted by atomic mass is 16.5. The third-order valence-corrected chi connectivity index (χ3v) is 4.49. The van der Waals surface area contributed by atoms with Crippen LogP contribution < -0.4 is 5.32 Å². The fourth-order valence-electron chi connectivity index (χ4n) is 2.85. The first kappa shape index (κ1) is 16.3. The summed E-state index contributed by atoms with van der Waals surface area (Å²) in [6, 6.07) is 5.88. The van der Waals surface area contributed by atoms with Crippen LogP contribution in [0.3, 0.4) is 0 Å². The molecule has 1 saturated carbocycles. The largest absolute Gasteiger partial charge is 0.508 e. The van der Waals surface area contributed by atoms with Gasteiger partial charge in [-0.15, -0.1) is 0 Å². The zero-order valence-corrected chi connectivity index (χ0v) is 13.0. The van der Waals surface area contributed by atoms with Crippen LogP contribution in [0, 0.1) is 11.8 Å².